The second kappa shape index (κ2) is 7.46. The maximum Gasteiger partial charge on any atom is 0.141 e. The van der Waals surface area contributed by atoms with Crippen molar-refractivity contribution in [2.24, 2.45) is 0 Å². The Kier molecular flexibility index (Phi) is 6.23. The molecule has 0 saturated carbocycles. The van der Waals surface area contributed by atoms with Crippen molar-refractivity contribution in [3.8, 4) is 0 Å². The van der Waals surface area contributed by atoms with Gasteiger partial charge in [-0.25, -0.2) is 4.39 Å². The summed E-state index contributed by atoms with van der Waals surface area (Å²) in [7, 11) is 0. The number of hydrogen-bond acceptors (Lipinski definition) is 1. The second-order valence-electron chi connectivity index (χ2n) is 4.13. The smallest absolute Gasteiger partial charge is 0.141 e. The Bertz CT molecular complexity index is 365. The van der Waals surface area contributed by atoms with Crippen LogP contribution >= 0.6 is 11.6 Å². The van der Waals surface area contributed by atoms with Gasteiger partial charge in [0.05, 0.1) is 5.02 Å². The van der Waals surface area contributed by atoms with Gasteiger partial charge < -0.3 is 5.32 Å². The molecule has 0 fully saturated rings. The highest BCUT2D eigenvalue weighted by Gasteiger charge is 2.08. The van der Waals surface area contributed by atoms with Gasteiger partial charge >= 0.3 is 0 Å². The van der Waals surface area contributed by atoms with Crippen LogP contribution in [0.25, 0.3) is 0 Å². The number of benzene rings is 1. The molecule has 1 unspecified atom stereocenters. The minimum Gasteiger partial charge on any atom is -0.313 e. The molecule has 0 aliphatic heterocycles. The number of halogens is 2. The first-order valence-corrected chi connectivity index (χ1v) is 6.33. The van der Waals surface area contributed by atoms with Crippen LogP contribution in [0, 0.1) is 5.82 Å². The Morgan fingerprint density at radius 1 is 1.53 bits per heavy atom. The van der Waals surface area contributed by atoms with Crippen molar-refractivity contribution in [2.75, 3.05) is 6.54 Å². The average molecular weight is 256 g/mol. The Morgan fingerprint density at radius 3 is 2.88 bits per heavy atom. The van der Waals surface area contributed by atoms with Crippen molar-refractivity contribution in [2.45, 2.75) is 32.2 Å². The highest BCUT2D eigenvalue weighted by atomic mass is 35.5. The molecule has 3 heteroatoms. The molecule has 1 aromatic carbocycles. The van der Waals surface area contributed by atoms with E-state index in [2.05, 4.69) is 18.8 Å². The Labute approximate surface area is 108 Å². The van der Waals surface area contributed by atoms with Crippen LogP contribution in [0.1, 0.15) is 25.3 Å². The number of rotatable bonds is 7. The van der Waals surface area contributed by atoms with E-state index in [0.29, 0.717) is 6.04 Å². The van der Waals surface area contributed by atoms with Gasteiger partial charge in [0.1, 0.15) is 5.82 Å². The molecule has 0 heterocycles. The normalized spacial score (nSPS) is 12.4. The fourth-order valence-electron chi connectivity index (χ4n) is 1.74. The molecule has 0 saturated heterocycles. The third-order valence-electron chi connectivity index (χ3n) is 2.60. The number of nitrogens with one attached hydrogen (secondary N) is 1. The maximum absolute atomic E-state index is 13.0. The predicted molar refractivity (Wildman–Crippen MR) is 72.0 cm³/mol. The van der Waals surface area contributed by atoms with E-state index in [1.165, 1.54) is 6.07 Å². The van der Waals surface area contributed by atoms with Crippen LogP contribution in [0.15, 0.2) is 30.9 Å². The molecule has 1 N–H and O–H groups in total. The summed E-state index contributed by atoms with van der Waals surface area (Å²) in [5, 5.41) is 3.63. The lowest BCUT2D eigenvalue weighted by Crippen LogP contribution is -2.31. The van der Waals surface area contributed by atoms with Crippen LogP contribution < -0.4 is 5.32 Å². The first kappa shape index (κ1) is 14.2. The summed E-state index contributed by atoms with van der Waals surface area (Å²) in [5.74, 6) is -0.364. The topological polar surface area (TPSA) is 12.0 Å². The zero-order chi connectivity index (χ0) is 12.7. The zero-order valence-corrected chi connectivity index (χ0v) is 10.9. The lowest BCUT2D eigenvalue weighted by molar-refractivity contribution is 0.511. The molecule has 1 atom stereocenters. The average Bonchev–Trinajstić information content (AvgIpc) is 2.31. The van der Waals surface area contributed by atoms with Gasteiger partial charge in [-0.15, -0.1) is 6.58 Å². The van der Waals surface area contributed by atoms with Crippen molar-refractivity contribution in [1.29, 1.82) is 0 Å². The third-order valence-corrected chi connectivity index (χ3v) is 2.89. The molecule has 17 heavy (non-hydrogen) atoms. The highest BCUT2D eigenvalue weighted by molar-refractivity contribution is 6.30. The molecule has 1 nitrogen and oxygen atoms in total. The van der Waals surface area contributed by atoms with Gasteiger partial charge in [0.15, 0.2) is 0 Å². The Hall–Kier alpha value is -0.860. The third kappa shape index (κ3) is 4.88. The van der Waals surface area contributed by atoms with Crippen LogP contribution in [-0.4, -0.2) is 12.6 Å². The highest BCUT2D eigenvalue weighted by Crippen LogP contribution is 2.17. The summed E-state index contributed by atoms with van der Waals surface area (Å²) in [5.41, 5.74) is 1.05. The summed E-state index contributed by atoms with van der Waals surface area (Å²) in [6.45, 7) is 6.87. The minimum atomic E-state index is -0.364. The van der Waals surface area contributed by atoms with Gasteiger partial charge in [0.2, 0.25) is 0 Å². The van der Waals surface area contributed by atoms with E-state index in [9.17, 15) is 4.39 Å². The Balaban J connectivity index is 2.64. The fourth-order valence-corrected chi connectivity index (χ4v) is 1.94. The summed E-state index contributed by atoms with van der Waals surface area (Å²) in [6, 6.07) is 5.24. The summed E-state index contributed by atoms with van der Waals surface area (Å²) in [4.78, 5) is 0. The molecule has 0 amide bonds. The first-order chi connectivity index (χ1) is 8.17. The van der Waals surface area contributed by atoms with Gasteiger partial charge in [-0.3, -0.25) is 0 Å². The van der Waals surface area contributed by atoms with E-state index >= 15 is 0 Å². The molecule has 1 rings (SSSR count). The molecule has 94 valence electrons. The molecular weight excluding hydrogens is 237 g/mol. The van der Waals surface area contributed by atoms with Crippen LogP contribution in [0.5, 0.6) is 0 Å². The molecule has 0 bridgehead atoms. The molecular formula is C14H19ClFN. The van der Waals surface area contributed by atoms with Crippen molar-refractivity contribution in [1.82, 2.24) is 5.32 Å². The van der Waals surface area contributed by atoms with E-state index in [1.807, 2.05) is 6.08 Å². The SMILES string of the molecule is C=CCC(Cc1ccc(F)c(Cl)c1)NCCC. The van der Waals surface area contributed by atoms with Gasteiger partial charge in [0, 0.05) is 6.04 Å². The zero-order valence-electron chi connectivity index (χ0n) is 10.2. The fraction of sp³-hybridized carbons (Fsp3) is 0.429. The molecule has 1 aromatic rings. The second-order valence-corrected chi connectivity index (χ2v) is 4.54. The lowest BCUT2D eigenvalue weighted by Gasteiger charge is -2.17. The summed E-state index contributed by atoms with van der Waals surface area (Å²) < 4.78 is 13.0. The van der Waals surface area contributed by atoms with E-state index < -0.39 is 0 Å². The summed E-state index contributed by atoms with van der Waals surface area (Å²) in [6.07, 6.45) is 4.73. The predicted octanol–water partition coefficient (Wildman–Crippen LogP) is 3.97. The maximum atomic E-state index is 13.0. The number of hydrogen-bond donors (Lipinski definition) is 1. The standard InChI is InChI=1S/C14H19ClFN/c1-3-5-12(17-8-4-2)9-11-6-7-14(16)13(15)10-11/h3,6-7,10,12,17H,1,4-5,8-9H2,2H3. The van der Waals surface area contributed by atoms with Crippen LogP contribution in [-0.2, 0) is 6.42 Å². The minimum absolute atomic E-state index is 0.190. The van der Waals surface area contributed by atoms with E-state index in [-0.39, 0.29) is 10.8 Å². The van der Waals surface area contributed by atoms with E-state index in [4.69, 9.17) is 11.6 Å². The molecule has 0 spiro atoms. The van der Waals surface area contributed by atoms with Gasteiger partial charge in [-0.1, -0.05) is 30.7 Å². The van der Waals surface area contributed by atoms with Gasteiger partial charge in [-0.2, -0.15) is 0 Å². The first-order valence-electron chi connectivity index (χ1n) is 5.95. The quantitative estimate of drug-likeness (QED) is 0.727. The van der Waals surface area contributed by atoms with Crippen LogP contribution in [0.2, 0.25) is 5.02 Å². The monoisotopic (exact) mass is 255 g/mol. The largest absolute Gasteiger partial charge is 0.313 e. The Morgan fingerprint density at radius 2 is 2.29 bits per heavy atom. The van der Waals surface area contributed by atoms with Crippen molar-refractivity contribution in [3.63, 3.8) is 0 Å². The lowest BCUT2D eigenvalue weighted by atomic mass is 10.0. The molecule has 0 aliphatic rings. The van der Waals surface area contributed by atoms with Gasteiger partial charge in [0.25, 0.3) is 0 Å². The summed E-state index contributed by atoms with van der Waals surface area (Å²) >= 11 is 5.76. The molecule has 0 aromatic heterocycles. The van der Waals surface area contributed by atoms with E-state index in [0.717, 1.165) is 31.4 Å². The van der Waals surface area contributed by atoms with Crippen LogP contribution in [0.4, 0.5) is 4.39 Å². The molecule has 0 radical (unpaired) electrons. The van der Waals surface area contributed by atoms with E-state index in [1.54, 1.807) is 12.1 Å². The molecule has 0 aliphatic carbocycles. The van der Waals surface area contributed by atoms with Gasteiger partial charge in [-0.05, 0) is 43.5 Å². The van der Waals surface area contributed by atoms with Crippen molar-refractivity contribution in [3.05, 3.63) is 47.3 Å². The van der Waals surface area contributed by atoms with Crippen molar-refractivity contribution < 1.29 is 4.39 Å². The van der Waals surface area contributed by atoms with Crippen molar-refractivity contribution >= 4 is 11.6 Å². The van der Waals surface area contributed by atoms with Crippen LogP contribution in [0.3, 0.4) is 0 Å².